The maximum absolute atomic E-state index is 12.5. The molecular weight excluding hydrogens is 249 g/mol. The first kappa shape index (κ1) is 10.9. The van der Waals surface area contributed by atoms with Gasteiger partial charge >= 0.3 is 0 Å². The van der Waals surface area contributed by atoms with E-state index in [2.05, 4.69) is 27.5 Å². The van der Waals surface area contributed by atoms with Crippen LogP contribution >= 0.6 is 15.9 Å². The van der Waals surface area contributed by atoms with Gasteiger partial charge in [-0.2, -0.15) is 0 Å². The fourth-order valence-corrected chi connectivity index (χ4v) is 1.12. The van der Waals surface area contributed by atoms with Crippen LogP contribution in [0.5, 0.6) is 5.75 Å². The molecule has 2 nitrogen and oxygen atoms in total. The molecule has 0 spiro atoms. The predicted octanol–water partition coefficient (Wildman–Crippen LogP) is 3.49. The molecule has 0 unspecified atom stereocenters. The van der Waals surface area contributed by atoms with Gasteiger partial charge in [-0.3, -0.25) is 0 Å². The van der Waals surface area contributed by atoms with Crippen LogP contribution in [0.4, 0.5) is 4.39 Å². The summed E-state index contributed by atoms with van der Waals surface area (Å²) in [4.78, 5) is 3.92. The summed E-state index contributed by atoms with van der Waals surface area (Å²) in [7, 11) is 0. The zero-order chi connectivity index (χ0) is 10.6. The van der Waals surface area contributed by atoms with Gasteiger partial charge in [0, 0.05) is 6.92 Å². The molecule has 0 aliphatic rings. The van der Waals surface area contributed by atoms with E-state index in [0.29, 0.717) is 16.3 Å². The average molecular weight is 258 g/mol. The SMILES string of the molecule is C=C(Br)/N=C(\C)Oc1ccc(F)cc1. The summed E-state index contributed by atoms with van der Waals surface area (Å²) >= 11 is 3.08. The van der Waals surface area contributed by atoms with Crippen LogP contribution in [-0.2, 0) is 0 Å². The summed E-state index contributed by atoms with van der Waals surface area (Å²) < 4.78 is 18.3. The second-order valence-electron chi connectivity index (χ2n) is 2.56. The third-order valence-electron chi connectivity index (χ3n) is 1.36. The molecule has 0 amide bonds. The number of hydrogen-bond donors (Lipinski definition) is 0. The van der Waals surface area contributed by atoms with E-state index >= 15 is 0 Å². The Kier molecular flexibility index (Phi) is 3.83. The Balaban J connectivity index is 2.69. The number of benzene rings is 1. The third kappa shape index (κ3) is 3.70. The molecule has 0 bridgehead atoms. The molecule has 0 fully saturated rings. The summed E-state index contributed by atoms with van der Waals surface area (Å²) in [5.41, 5.74) is 0. The Labute approximate surface area is 90.2 Å². The molecule has 0 heterocycles. The molecular formula is C10H9BrFNO. The van der Waals surface area contributed by atoms with Crippen LogP contribution in [0.25, 0.3) is 0 Å². The molecule has 0 radical (unpaired) electrons. The van der Waals surface area contributed by atoms with E-state index in [0.717, 1.165) is 0 Å². The van der Waals surface area contributed by atoms with Crippen LogP contribution in [0.15, 0.2) is 40.4 Å². The Morgan fingerprint density at radius 2 is 2.00 bits per heavy atom. The van der Waals surface area contributed by atoms with Crippen molar-refractivity contribution in [2.45, 2.75) is 6.92 Å². The second kappa shape index (κ2) is 4.91. The lowest BCUT2D eigenvalue weighted by Gasteiger charge is -2.03. The van der Waals surface area contributed by atoms with Crippen LogP contribution < -0.4 is 4.74 Å². The first-order chi connectivity index (χ1) is 6.58. The van der Waals surface area contributed by atoms with Crippen LogP contribution in [0.2, 0.25) is 0 Å². The highest BCUT2D eigenvalue weighted by molar-refractivity contribution is 9.11. The smallest absolute Gasteiger partial charge is 0.192 e. The molecule has 14 heavy (non-hydrogen) atoms. The van der Waals surface area contributed by atoms with Crippen molar-refractivity contribution >= 4 is 21.8 Å². The zero-order valence-corrected chi connectivity index (χ0v) is 9.21. The van der Waals surface area contributed by atoms with Crippen LogP contribution in [0.1, 0.15) is 6.92 Å². The summed E-state index contributed by atoms with van der Waals surface area (Å²) in [6.07, 6.45) is 0. The molecule has 0 aliphatic carbocycles. The molecule has 4 heteroatoms. The third-order valence-corrected chi connectivity index (χ3v) is 1.54. The van der Waals surface area contributed by atoms with Gasteiger partial charge in [-0.05, 0) is 40.2 Å². The topological polar surface area (TPSA) is 21.6 Å². The number of hydrogen-bond acceptors (Lipinski definition) is 2. The molecule has 0 saturated carbocycles. The highest BCUT2D eigenvalue weighted by Gasteiger charge is 1.97. The van der Waals surface area contributed by atoms with E-state index < -0.39 is 0 Å². The quantitative estimate of drug-likeness (QED) is 0.452. The van der Waals surface area contributed by atoms with Gasteiger partial charge in [0.15, 0.2) is 5.90 Å². The van der Waals surface area contributed by atoms with Gasteiger partial charge in [0.2, 0.25) is 0 Å². The van der Waals surface area contributed by atoms with Gasteiger partial charge in [0.25, 0.3) is 0 Å². The Bertz CT molecular complexity index is 359. The molecule has 74 valence electrons. The minimum absolute atomic E-state index is 0.295. The summed E-state index contributed by atoms with van der Waals surface area (Å²) in [6, 6.07) is 5.72. The Hall–Kier alpha value is -1.16. The first-order valence-electron chi connectivity index (χ1n) is 3.91. The van der Waals surface area contributed by atoms with E-state index in [1.165, 1.54) is 24.3 Å². The maximum Gasteiger partial charge on any atom is 0.192 e. The Morgan fingerprint density at radius 1 is 1.43 bits per heavy atom. The van der Waals surface area contributed by atoms with Crippen LogP contribution in [-0.4, -0.2) is 5.90 Å². The van der Waals surface area contributed by atoms with Gasteiger partial charge in [-0.1, -0.05) is 6.58 Å². The molecule has 0 saturated heterocycles. The maximum atomic E-state index is 12.5. The standard InChI is InChI=1S/C10H9BrFNO/c1-7(11)13-8(2)14-10-5-3-9(12)4-6-10/h3-6H,1H2,2H3/b13-8+. The monoisotopic (exact) mass is 257 g/mol. The molecule has 1 aromatic rings. The Morgan fingerprint density at radius 3 is 2.50 bits per heavy atom. The normalized spacial score (nSPS) is 11.2. The van der Waals surface area contributed by atoms with Crippen molar-refractivity contribution in [1.82, 2.24) is 0 Å². The molecule has 0 N–H and O–H groups in total. The van der Waals surface area contributed by atoms with Gasteiger partial charge in [-0.15, -0.1) is 0 Å². The highest BCUT2D eigenvalue weighted by atomic mass is 79.9. The van der Waals surface area contributed by atoms with E-state index in [1.54, 1.807) is 6.92 Å². The van der Waals surface area contributed by atoms with Crippen molar-refractivity contribution in [3.63, 3.8) is 0 Å². The highest BCUT2D eigenvalue weighted by Crippen LogP contribution is 2.12. The summed E-state index contributed by atoms with van der Waals surface area (Å²) in [6.45, 7) is 5.23. The molecule has 1 rings (SSSR count). The van der Waals surface area contributed by atoms with Gasteiger partial charge in [0.05, 0.1) is 0 Å². The van der Waals surface area contributed by atoms with Crippen molar-refractivity contribution in [3.8, 4) is 5.75 Å². The number of halogens is 2. The minimum atomic E-state index is -0.295. The molecule has 0 aromatic heterocycles. The van der Waals surface area contributed by atoms with E-state index in [9.17, 15) is 4.39 Å². The lowest BCUT2D eigenvalue weighted by Crippen LogP contribution is -2.02. The van der Waals surface area contributed by atoms with Crippen molar-refractivity contribution in [1.29, 1.82) is 0 Å². The van der Waals surface area contributed by atoms with Crippen molar-refractivity contribution in [2.24, 2.45) is 4.99 Å². The molecule has 0 atom stereocenters. The zero-order valence-electron chi connectivity index (χ0n) is 7.63. The number of ether oxygens (including phenoxy) is 1. The van der Waals surface area contributed by atoms with Crippen LogP contribution in [0, 0.1) is 5.82 Å². The van der Waals surface area contributed by atoms with E-state index in [1.807, 2.05) is 0 Å². The number of rotatable bonds is 2. The molecule has 1 aromatic carbocycles. The van der Waals surface area contributed by atoms with Gasteiger partial charge in [0.1, 0.15) is 16.2 Å². The van der Waals surface area contributed by atoms with Crippen molar-refractivity contribution in [3.05, 3.63) is 41.3 Å². The molecule has 0 aliphatic heterocycles. The van der Waals surface area contributed by atoms with E-state index in [-0.39, 0.29) is 5.82 Å². The van der Waals surface area contributed by atoms with E-state index in [4.69, 9.17) is 4.74 Å². The largest absolute Gasteiger partial charge is 0.443 e. The minimum Gasteiger partial charge on any atom is -0.443 e. The van der Waals surface area contributed by atoms with Crippen LogP contribution in [0.3, 0.4) is 0 Å². The van der Waals surface area contributed by atoms with Gasteiger partial charge < -0.3 is 4.74 Å². The number of aliphatic imine (C=N–C) groups is 1. The van der Waals surface area contributed by atoms with Gasteiger partial charge in [-0.25, -0.2) is 9.38 Å². The lowest BCUT2D eigenvalue weighted by molar-refractivity contribution is 0.542. The average Bonchev–Trinajstić information content (AvgIpc) is 2.07. The van der Waals surface area contributed by atoms with Crippen molar-refractivity contribution < 1.29 is 9.13 Å². The lowest BCUT2D eigenvalue weighted by atomic mass is 10.3. The summed E-state index contributed by atoms with van der Waals surface area (Å²) in [5.74, 6) is 0.691. The van der Waals surface area contributed by atoms with Crippen molar-refractivity contribution in [2.75, 3.05) is 0 Å². The fourth-order valence-electron chi connectivity index (χ4n) is 0.867. The summed E-state index contributed by atoms with van der Waals surface area (Å²) in [5, 5.41) is 0. The predicted molar refractivity (Wildman–Crippen MR) is 58.2 cm³/mol. The second-order valence-corrected chi connectivity index (χ2v) is 3.48. The first-order valence-corrected chi connectivity index (χ1v) is 4.70. The fraction of sp³-hybridized carbons (Fsp3) is 0.100. The number of nitrogens with zero attached hydrogens (tertiary/aromatic N) is 1.